The molecule has 1 aliphatic rings. The predicted molar refractivity (Wildman–Crippen MR) is 145 cm³/mol. The first-order valence-electron chi connectivity index (χ1n) is 12.7. The average Bonchev–Trinajstić information content (AvgIpc) is 2.92. The molecule has 1 aromatic heterocycles. The number of methoxy groups -OCH3 is 1. The van der Waals surface area contributed by atoms with Gasteiger partial charge in [0.25, 0.3) is 0 Å². The highest BCUT2D eigenvalue weighted by Gasteiger charge is 2.29. The van der Waals surface area contributed by atoms with E-state index in [1.165, 1.54) is 11.1 Å². The maximum Gasteiger partial charge on any atom is 0.340 e. The van der Waals surface area contributed by atoms with Crippen molar-refractivity contribution in [3.63, 3.8) is 0 Å². The zero-order valence-corrected chi connectivity index (χ0v) is 21.6. The van der Waals surface area contributed by atoms with Crippen molar-refractivity contribution in [2.45, 2.75) is 26.3 Å². The van der Waals surface area contributed by atoms with Crippen LogP contribution in [0.5, 0.6) is 5.75 Å². The average molecular weight is 497 g/mol. The van der Waals surface area contributed by atoms with Gasteiger partial charge >= 0.3 is 5.63 Å². The number of hydrogen-bond acceptors (Lipinski definition) is 5. The second-order valence-electron chi connectivity index (χ2n) is 9.65. The van der Waals surface area contributed by atoms with Gasteiger partial charge in [-0.25, -0.2) is 4.79 Å². The van der Waals surface area contributed by atoms with Gasteiger partial charge in [-0.3, -0.25) is 9.69 Å². The molecule has 2 heterocycles. The molecule has 6 nitrogen and oxygen atoms in total. The SMILES string of the molecule is COc1cc(C)cc2oc(=O)c(CC(=O)N3CCN(C(c4ccccc4)c4ccccc4)CC3)c(C)c12. The summed E-state index contributed by atoms with van der Waals surface area (Å²) < 4.78 is 11.2. The molecular weight excluding hydrogens is 464 g/mol. The molecule has 0 radical (unpaired) electrons. The molecule has 1 saturated heterocycles. The van der Waals surface area contributed by atoms with Gasteiger partial charge < -0.3 is 14.1 Å². The Kier molecular flexibility index (Phi) is 7.10. The molecule has 3 aromatic carbocycles. The second-order valence-corrected chi connectivity index (χ2v) is 9.65. The van der Waals surface area contributed by atoms with Gasteiger partial charge in [0.1, 0.15) is 11.3 Å². The first-order chi connectivity index (χ1) is 18.0. The third kappa shape index (κ3) is 5.02. The summed E-state index contributed by atoms with van der Waals surface area (Å²) in [7, 11) is 1.60. The molecule has 1 amide bonds. The zero-order chi connectivity index (χ0) is 25.9. The van der Waals surface area contributed by atoms with Crippen molar-refractivity contribution in [3.8, 4) is 5.75 Å². The molecule has 4 aromatic rings. The lowest BCUT2D eigenvalue weighted by Crippen LogP contribution is -2.50. The minimum Gasteiger partial charge on any atom is -0.496 e. The summed E-state index contributed by atoms with van der Waals surface area (Å²) in [4.78, 5) is 30.5. The van der Waals surface area contributed by atoms with Crippen LogP contribution in [0.3, 0.4) is 0 Å². The van der Waals surface area contributed by atoms with Crippen LogP contribution in [0.2, 0.25) is 0 Å². The molecule has 1 fully saturated rings. The van der Waals surface area contributed by atoms with Crippen LogP contribution in [-0.2, 0) is 11.2 Å². The monoisotopic (exact) mass is 496 g/mol. The molecule has 0 N–H and O–H groups in total. The highest BCUT2D eigenvalue weighted by molar-refractivity contribution is 5.89. The van der Waals surface area contributed by atoms with E-state index in [0.717, 1.165) is 29.6 Å². The van der Waals surface area contributed by atoms with E-state index in [-0.39, 0.29) is 18.4 Å². The zero-order valence-electron chi connectivity index (χ0n) is 21.6. The highest BCUT2D eigenvalue weighted by atomic mass is 16.5. The van der Waals surface area contributed by atoms with E-state index in [1.807, 2.05) is 43.0 Å². The number of rotatable bonds is 6. The summed E-state index contributed by atoms with van der Waals surface area (Å²) in [5.41, 5.74) is 4.58. The fourth-order valence-corrected chi connectivity index (χ4v) is 5.38. The lowest BCUT2D eigenvalue weighted by Gasteiger charge is -2.40. The molecule has 0 aliphatic carbocycles. The standard InChI is InChI=1S/C31H32N2O4/c1-21-18-26(36-3)29-22(2)25(31(35)37-27(29)19-21)20-28(34)32-14-16-33(17-15-32)30(23-10-6-4-7-11-23)24-12-8-5-9-13-24/h4-13,18-19,30H,14-17,20H2,1-3H3. The fraction of sp³-hybridized carbons (Fsp3) is 0.290. The number of ether oxygens (including phenoxy) is 1. The molecule has 0 atom stereocenters. The summed E-state index contributed by atoms with van der Waals surface area (Å²) in [5, 5.41) is 0.744. The van der Waals surface area contributed by atoms with E-state index in [9.17, 15) is 9.59 Å². The second kappa shape index (κ2) is 10.6. The van der Waals surface area contributed by atoms with Gasteiger partial charge in [-0.05, 0) is 48.2 Å². The summed E-state index contributed by atoms with van der Waals surface area (Å²) in [6.45, 7) is 6.50. The van der Waals surface area contributed by atoms with Crippen LogP contribution in [0, 0.1) is 13.8 Å². The van der Waals surface area contributed by atoms with Crippen molar-refractivity contribution >= 4 is 16.9 Å². The third-order valence-corrected chi connectivity index (χ3v) is 7.30. The fourth-order valence-electron chi connectivity index (χ4n) is 5.38. The Hall–Kier alpha value is -3.90. The molecule has 37 heavy (non-hydrogen) atoms. The van der Waals surface area contributed by atoms with Crippen molar-refractivity contribution in [3.05, 3.63) is 111 Å². The smallest absolute Gasteiger partial charge is 0.340 e. The number of benzene rings is 3. The first-order valence-corrected chi connectivity index (χ1v) is 12.7. The maximum absolute atomic E-state index is 13.3. The Morgan fingerprint density at radius 1 is 0.919 bits per heavy atom. The van der Waals surface area contributed by atoms with Crippen LogP contribution in [0.15, 0.2) is 82.0 Å². The molecule has 5 rings (SSSR count). The first kappa shape index (κ1) is 24.8. The minimum absolute atomic E-state index is 0.0158. The molecule has 190 valence electrons. The van der Waals surface area contributed by atoms with E-state index in [1.54, 1.807) is 7.11 Å². The van der Waals surface area contributed by atoms with Crippen molar-refractivity contribution in [2.24, 2.45) is 0 Å². The Labute approximate surface area is 217 Å². The summed E-state index contributed by atoms with van der Waals surface area (Å²) >= 11 is 0. The van der Waals surface area contributed by atoms with Crippen LogP contribution in [0.1, 0.15) is 33.9 Å². The topological polar surface area (TPSA) is 63.0 Å². The Morgan fingerprint density at radius 3 is 2.08 bits per heavy atom. The summed E-state index contributed by atoms with van der Waals surface area (Å²) in [5.74, 6) is 0.586. The van der Waals surface area contributed by atoms with Gasteiger partial charge in [-0.1, -0.05) is 60.7 Å². The van der Waals surface area contributed by atoms with Crippen molar-refractivity contribution in [1.82, 2.24) is 9.80 Å². The van der Waals surface area contributed by atoms with Gasteiger partial charge in [0, 0.05) is 26.2 Å². The minimum atomic E-state index is -0.460. The van der Waals surface area contributed by atoms with Gasteiger partial charge in [0.15, 0.2) is 0 Å². The highest BCUT2D eigenvalue weighted by Crippen LogP contribution is 2.32. The van der Waals surface area contributed by atoms with Crippen molar-refractivity contribution in [2.75, 3.05) is 33.3 Å². The van der Waals surface area contributed by atoms with E-state index < -0.39 is 5.63 Å². The van der Waals surface area contributed by atoms with Crippen molar-refractivity contribution < 1.29 is 13.9 Å². The van der Waals surface area contributed by atoms with E-state index in [0.29, 0.717) is 30.0 Å². The van der Waals surface area contributed by atoms with E-state index >= 15 is 0 Å². The van der Waals surface area contributed by atoms with Gasteiger partial charge in [-0.15, -0.1) is 0 Å². The summed E-state index contributed by atoms with van der Waals surface area (Å²) in [6, 6.07) is 24.8. The van der Waals surface area contributed by atoms with Gasteiger partial charge in [-0.2, -0.15) is 0 Å². The normalized spacial score (nSPS) is 14.3. The Morgan fingerprint density at radius 2 is 1.51 bits per heavy atom. The molecular formula is C31H32N2O4. The van der Waals surface area contributed by atoms with E-state index in [2.05, 4.69) is 53.4 Å². The van der Waals surface area contributed by atoms with Gasteiger partial charge in [0.2, 0.25) is 5.91 Å². The number of piperazine rings is 1. The van der Waals surface area contributed by atoms with Crippen LogP contribution in [0.25, 0.3) is 11.0 Å². The predicted octanol–water partition coefficient (Wildman–Crippen LogP) is 4.89. The number of aryl methyl sites for hydroxylation is 2. The maximum atomic E-state index is 13.3. The molecule has 0 unspecified atom stereocenters. The lowest BCUT2D eigenvalue weighted by atomic mass is 9.96. The molecule has 1 aliphatic heterocycles. The number of fused-ring (bicyclic) bond motifs is 1. The number of nitrogens with zero attached hydrogens (tertiary/aromatic N) is 2. The largest absolute Gasteiger partial charge is 0.496 e. The number of amides is 1. The summed E-state index contributed by atoms with van der Waals surface area (Å²) in [6.07, 6.45) is 0.0158. The van der Waals surface area contributed by atoms with E-state index in [4.69, 9.17) is 9.15 Å². The number of carbonyl (C=O) groups excluding carboxylic acids is 1. The Bertz CT molecular complexity index is 1420. The lowest BCUT2D eigenvalue weighted by molar-refractivity contribution is -0.132. The Balaban J connectivity index is 1.34. The molecule has 0 spiro atoms. The molecule has 0 saturated carbocycles. The third-order valence-electron chi connectivity index (χ3n) is 7.30. The number of hydrogen-bond donors (Lipinski definition) is 0. The van der Waals surface area contributed by atoms with Crippen LogP contribution < -0.4 is 10.4 Å². The van der Waals surface area contributed by atoms with Crippen LogP contribution in [-0.4, -0.2) is 49.0 Å². The van der Waals surface area contributed by atoms with Crippen LogP contribution in [0.4, 0.5) is 0 Å². The van der Waals surface area contributed by atoms with Gasteiger partial charge in [0.05, 0.1) is 30.5 Å². The number of carbonyl (C=O) groups is 1. The molecule has 6 heteroatoms. The quantitative estimate of drug-likeness (QED) is 0.356. The van der Waals surface area contributed by atoms with Crippen molar-refractivity contribution in [1.29, 1.82) is 0 Å². The molecule has 0 bridgehead atoms. The van der Waals surface area contributed by atoms with Crippen LogP contribution >= 0.6 is 0 Å².